The van der Waals surface area contributed by atoms with E-state index in [1.54, 1.807) is 0 Å². The second kappa shape index (κ2) is 7.66. The van der Waals surface area contributed by atoms with Crippen LogP contribution >= 0.6 is 15.9 Å². The standard InChI is InChI=1S/C16H13BrFNO5S/c1-24-14-6-2-10(3-7-16(20)21)8-15(14)25(22,23)19-13-5-4-11(18)9-12(13)17/h2-9,19H,1H3,(H,20,21)/b7-3+. The van der Waals surface area contributed by atoms with Gasteiger partial charge in [-0.25, -0.2) is 17.6 Å². The van der Waals surface area contributed by atoms with Crippen molar-refractivity contribution in [3.63, 3.8) is 0 Å². The zero-order valence-electron chi connectivity index (χ0n) is 12.9. The number of benzene rings is 2. The Morgan fingerprint density at radius 2 is 2.00 bits per heavy atom. The van der Waals surface area contributed by atoms with Crippen molar-refractivity contribution in [3.8, 4) is 5.75 Å². The summed E-state index contributed by atoms with van der Waals surface area (Å²) in [5.74, 6) is -1.60. The van der Waals surface area contributed by atoms with Gasteiger partial charge in [0.1, 0.15) is 16.5 Å². The topological polar surface area (TPSA) is 92.7 Å². The lowest BCUT2D eigenvalue weighted by Crippen LogP contribution is -2.14. The van der Waals surface area contributed by atoms with Gasteiger partial charge < -0.3 is 9.84 Å². The Morgan fingerprint density at radius 1 is 1.28 bits per heavy atom. The highest BCUT2D eigenvalue weighted by Gasteiger charge is 2.21. The van der Waals surface area contributed by atoms with Gasteiger partial charge in [-0.15, -0.1) is 0 Å². The van der Waals surface area contributed by atoms with E-state index in [0.717, 1.165) is 18.2 Å². The highest BCUT2D eigenvalue weighted by atomic mass is 79.9. The second-order valence-corrected chi connectivity index (χ2v) is 7.32. The number of carboxylic acids is 1. The van der Waals surface area contributed by atoms with Crippen LogP contribution in [0.2, 0.25) is 0 Å². The van der Waals surface area contributed by atoms with Crippen molar-refractivity contribution >= 4 is 43.7 Å². The summed E-state index contributed by atoms with van der Waals surface area (Å²) < 4.78 is 46.1. The molecule has 2 aromatic carbocycles. The fourth-order valence-corrected chi connectivity index (χ4v) is 3.81. The number of carbonyl (C=O) groups is 1. The molecule has 0 aliphatic rings. The van der Waals surface area contributed by atoms with E-state index >= 15 is 0 Å². The lowest BCUT2D eigenvalue weighted by atomic mass is 10.2. The van der Waals surface area contributed by atoms with Gasteiger partial charge in [0.2, 0.25) is 0 Å². The van der Waals surface area contributed by atoms with Gasteiger partial charge in [0.05, 0.1) is 12.8 Å². The molecule has 2 aromatic rings. The van der Waals surface area contributed by atoms with E-state index in [-0.39, 0.29) is 20.8 Å². The van der Waals surface area contributed by atoms with E-state index in [9.17, 15) is 17.6 Å². The number of methoxy groups -OCH3 is 1. The molecule has 0 aliphatic heterocycles. The van der Waals surface area contributed by atoms with E-state index in [4.69, 9.17) is 9.84 Å². The maximum absolute atomic E-state index is 13.1. The monoisotopic (exact) mass is 429 g/mol. The van der Waals surface area contributed by atoms with Gasteiger partial charge in [-0.2, -0.15) is 0 Å². The van der Waals surface area contributed by atoms with E-state index in [1.165, 1.54) is 37.5 Å². The first-order valence-electron chi connectivity index (χ1n) is 6.80. The van der Waals surface area contributed by atoms with E-state index < -0.39 is 21.8 Å². The fourth-order valence-electron chi connectivity index (χ4n) is 1.95. The molecule has 6 nitrogen and oxygen atoms in total. The number of carboxylic acid groups (broad SMARTS) is 1. The average molecular weight is 430 g/mol. The summed E-state index contributed by atoms with van der Waals surface area (Å²) in [4.78, 5) is 10.4. The summed E-state index contributed by atoms with van der Waals surface area (Å²) in [6.07, 6.45) is 2.15. The molecule has 0 radical (unpaired) electrons. The average Bonchev–Trinajstić information content (AvgIpc) is 2.55. The normalized spacial score (nSPS) is 11.5. The zero-order chi connectivity index (χ0) is 18.6. The minimum Gasteiger partial charge on any atom is -0.495 e. The summed E-state index contributed by atoms with van der Waals surface area (Å²) in [6.45, 7) is 0. The number of hydrogen-bond donors (Lipinski definition) is 2. The molecule has 0 fully saturated rings. The van der Waals surface area contributed by atoms with Crippen molar-refractivity contribution in [2.24, 2.45) is 0 Å². The molecule has 2 N–H and O–H groups in total. The number of nitrogens with one attached hydrogen (secondary N) is 1. The van der Waals surface area contributed by atoms with Crippen molar-refractivity contribution in [1.82, 2.24) is 0 Å². The van der Waals surface area contributed by atoms with Crippen LogP contribution in [-0.2, 0) is 14.8 Å². The molecule has 9 heteroatoms. The van der Waals surface area contributed by atoms with Gasteiger partial charge in [-0.3, -0.25) is 4.72 Å². The van der Waals surface area contributed by atoms with Crippen LogP contribution in [0.1, 0.15) is 5.56 Å². The molecular formula is C16H13BrFNO5S. The van der Waals surface area contributed by atoms with Gasteiger partial charge >= 0.3 is 5.97 Å². The van der Waals surface area contributed by atoms with E-state index in [2.05, 4.69) is 20.7 Å². The summed E-state index contributed by atoms with van der Waals surface area (Å²) in [5, 5.41) is 8.67. The largest absolute Gasteiger partial charge is 0.495 e. The van der Waals surface area contributed by atoms with Crippen LogP contribution in [0.3, 0.4) is 0 Å². The maximum Gasteiger partial charge on any atom is 0.328 e. The first-order chi connectivity index (χ1) is 11.7. The lowest BCUT2D eigenvalue weighted by Gasteiger charge is -2.13. The molecule has 25 heavy (non-hydrogen) atoms. The Bertz CT molecular complexity index is 944. The van der Waals surface area contributed by atoms with E-state index in [0.29, 0.717) is 5.56 Å². The number of rotatable bonds is 6. The van der Waals surface area contributed by atoms with Gasteiger partial charge in [0.15, 0.2) is 0 Å². The third-order valence-corrected chi connectivity index (χ3v) is 5.11. The van der Waals surface area contributed by atoms with Crippen LogP contribution in [0.5, 0.6) is 5.75 Å². The van der Waals surface area contributed by atoms with Crippen LogP contribution in [0.25, 0.3) is 6.08 Å². The molecule has 0 unspecified atom stereocenters. The molecular weight excluding hydrogens is 417 g/mol. The quantitative estimate of drug-likeness (QED) is 0.685. The van der Waals surface area contributed by atoms with Gasteiger partial charge in [0, 0.05) is 10.5 Å². The molecule has 0 amide bonds. The fraction of sp³-hybridized carbons (Fsp3) is 0.0625. The summed E-state index contributed by atoms with van der Waals surface area (Å²) >= 11 is 3.09. The summed E-state index contributed by atoms with van der Waals surface area (Å²) in [5.41, 5.74) is 0.511. The molecule has 0 saturated heterocycles. The number of anilines is 1. The number of hydrogen-bond acceptors (Lipinski definition) is 4. The van der Waals surface area contributed by atoms with Crippen LogP contribution in [0.15, 0.2) is 51.8 Å². The highest BCUT2D eigenvalue weighted by molar-refractivity contribution is 9.10. The number of ether oxygens (including phenoxy) is 1. The Morgan fingerprint density at radius 3 is 2.60 bits per heavy atom. The van der Waals surface area contributed by atoms with Crippen molar-refractivity contribution in [2.45, 2.75) is 4.90 Å². The highest BCUT2D eigenvalue weighted by Crippen LogP contribution is 2.30. The first kappa shape index (κ1) is 18.9. The Hall–Kier alpha value is -2.39. The minimum absolute atomic E-state index is 0.0817. The Labute approximate surface area is 152 Å². The second-order valence-electron chi connectivity index (χ2n) is 4.81. The Balaban J connectivity index is 2.46. The van der Waals surface area contributed by atoms with Crippen LogP contribution in [0, 0.1) is 5.82 Å². The molecule has 0 aliphatic carbocycles. The number of aliphatic carboxylic acids is 1. The SMILES string of the molecule is COc1ccc(/C=C/C(=O)O)cc1S(=O)(=O)Nc1ccc(F)cc1Br. The predicted octanol–water partition coefficient (Wildman–Crippen LogP) is 3.50. The van der Waals surface area contributed by atoms with Crippen molar-refractivity contribution < 1.29 is 27.4 Å². The third-order valence-electron chi connectivity index (χ3n) is 3.07. The van der Waals surface area contributed by atoms with Crippen molar-refractivity contribution in [2.75, 3.05) is 11.8 Å². The van der Waals surface area contributed by atoms with Crippen molar-refractivity contribution in [3.05, 3.63) is 58.3 Å². The van der Waals surface area contributed by atoms with Crippen LogP contribution < -0.4 is 9.46 Å². The van der Waals surface area contributed by atoms with Gasteiger partial charge in [-0.1, -0.05) is 6.07 Å². The molecule has 0 aromatic heterocycles. The molecule has 0 atom stereocenters. The molecule has 132 valence electrons. The van der Waals surface area contributed by atoms with Crippen LogP contribution in [0.4, 0.5) is 10.1 Å². The van der Waals surface area contributed by atoms with Crippen LogP contribution in [-0.4, -0.2) is 26.6 Å². The molecule has 0 saturated carbocycles. The molecule has 2 rings (SSSR count). The van der Waals surface area contributed by atoms with E-state index in [1.807, 2.05) is 0 Å². The first-order valence-corrected chi connectivity index (χ1v) is 9.07. The predicted molar refractivity (Wildman–Crippen MR) is 94.6 cm³/mol. The van der Waals surface area contributed by atoms with Gasteiger partial charge in [-0.05, 0) is 57.9 Å². The number of sulfonamides is 1. The minimum atomic E-state index is -4.06. The molecule has 0 bridgehead atoms. The Kier molecular flexibility index (Phi) is 5.81. The molecule has 0 heterocycles. The summed E-state index contributed by atoms with van der Waals surface area (Å²) in [6, 6.07) is 7.73. The maximum atomic E-state index is 13.1. The smallest absolute Gasteiger partial charge is 0.328 e. The molecule has 0 spiro atoms. The summed E-state index contributed by atoms with van der Waals surface area (Å²) in [7, 11) is -2.75. The number of halogens is 2. The van der Waals surface area contributed by atoms with Gasteiger partial charge in [0.25, 0.3) is 10.0 Å². The van der Waals surface area contributed by atoms with Crippen molar-refractivity contribution in [1.29, 1.82) is 0 Å². The lowest BCUT2D eigenvalue weighted by molar-refractivity contribution is -0.131. The third kappa shape index (κ3) is 4.80. The zero-order valence-corrected chi connectivity index (χ0v) is 15.3.